The van der Waals surface area contributed by atoms with E-state index in [1.165, 1.54) is 0 Å². The van der Waals surface area contributed by atoms with Gasteiger partial charge in [-0.3, -0.25) is 4.79 Å². The molecule has 0 aliphatic rings. The summed E-state index contributed by atoms with van der Waals surface area (Å²) in [6.45, 7) is 3.91. The van der Waals surface area contributed by atoms with Crippen LogP contribution in [0.5, 0.6) is 0 Å². The van der Waals surface area contributed by atoms with Crippen LogP contribution in [0.15, 0.2) is 65.6 Å². The van der Waals surface area contributed by atoms with Gasteiger partial charge < -0.3 is 5.32 Å². The maximum Gasteiger partial charge on any atom is 0.255 e. The molecule has 0 saturated heterocycles. The summed E-state index contributed by atoms with van der Waals surface area (Å²) in [5, 5.41) is 4.20. The van der Waals surface area contributed by atoms with E-state index in [1.807, 2.05) is 74.5 Å². The van der Waals surface area contributed by atoms with E-state index in [1.54, 1.807) is 11.8 Å². The number of halogens is 2. The minimum atomic E-state index is -0.166. The predicted octanol–water partition coefficient (Wildman–Crippen LogP) is 7.15. The second-order valence-electron chi connectivity index (χ2n) is 6.33. The van der Waals surface area contributed by atoms with E-state index in [2.05, 4.69) is 5.32 Å². The molecule has 0 fully saturated rings. The third kappa shape index (κ3) is 5.29. The van der Waals surface area contributed by atoms with E-state index in [9.17, 15) is 4.79 Å². The van der Waals surface area contributed by atoms with Gasteiger partial charge in [-0.1, -0.05) is 41.4 Å². The number of aryl methyl sites for hydroxylation is 2. The van der Waals surface area contributed by atoms with Crippen LogP contribution in [0.1, 0.15) is 27.0 Å². The Morgan fingerprint density at radius 1 is 0.963 bits per heavy atom. The Hall–Kier alpha value is -1.94. The lowest BCUT2D eigenvalue weighted by atomic mass is 10.1. The molecule has 0 atom stereocenters. The van der Waals surface area contributed by atoms with Crippen molar-refractivity contribution >= 4 is 46.6 Å². The van der Waals surface area contributed by atoms with Crippen LogP contribution in [0.2, 0.25) is 10.0 Å². The molecule has 138 valence electrons. The first-order valence-electron chi connectivity index (χ1n) is 8.48. The van der Waals surface area contributed by atoms with Crippen LogP contribution in [-0.2, 0) is 5.75 Å². The predicted molar refractivity (Wildman–Crippen MR) is 116 cm³/mol. The highest BCUT2D eigenvalue weighted by Crippen LogP contribution is 2.28. The van der Waals surface area contributed by atoms with E-state index in [0.29, 0.717) is 16.3 Å². The molecule has 2 nitrogen and oxygen atoms in total. The van der Waals surface area contributed by atoms with Crippen molar-refractivity contribution in [2.24, 2.45) is 0 Å². The molecule has 3 rings (SSSR count). The number of hydrogen-bond donors (Lipinski definition) is 1. The topological polar surface area (TPSA) is 29.1 Å². The molecule has 0 unspecified atom stereocenters. The summed E-state index contributed by atoms with van der Waals surface area (Å²) in [4.78, 5) is 13.7. The number of hydrogen-bond acceptors (Lipinski definition) is 2. The number of benzene rings is 3. The average molecular weight is 416 g/mol. The van der Waals surface area contributed by atoms with Crippen LogP contribution >= 0.6 is 35.0 Å². The average Bonchev–Trinajstić information content (AvgIpc) is 2.64. The summed E-state index contributed by atoms with van der Waals surface area (Å²) in [5.74, 6) is 0.660. The number of anilines is 1. The second-order valence-corrected chi connectivity index (χ2v) is 8.22. The van der Waals surface area contributed by atoms with Crippen molar-refractivity contribution in [3.05, 3.63) is 93.0 Å². The first-order valence-corrected chi connectivity index (χ1v) is 10.2. The Bertz CT molecular complexity index is 930. The largest absolute Gasteiger partial charge is 0.320 e. The highest BCUT2D eigenvalue weighted by Gasteiger charge is 2.11. The Labute approximate surface area is 173 Å². The molecule has 3 aromatic carbocycles. The molecule has 1 N–H and O–H groups in total. The maximum absolute atomic E-state index is 12.5. The van der Waals surface area contributed by atoms with Gasteiger partial charge in [0.15, 0.2) is 0 Å². The summed E-state index contributed by atoms with van der Waals surface area (Å²) < 4.78 is 0. The van der Waals surface area contributed by atoms with Crippen molar-refractivity contribution in [3.63, 3.8) is 0 Å². The summed E-state index contributed by atoms with van der Waals surface area (Å²) in [6.07, 6.45) is 0. The highest BCUT2D eigenvalue weighted by molar-refractivity contribution is 7.98. The first-order chi connectivity index (χ1) is 12.9. The fourth-order valence-electron chi connectivity index (χ4n) is 2.71. The monoisotopic (exact) mass is 415 g/mol. The normalized spacial score (nSPS) is 10.7. The van der Waals surface area contributed by atoms with Crippen molar-refractivity contribution in [2.45, 2.75) is 24.5 Å². The van der Waals surface area contributed by atoms with E-state index in [0.717, 1.165) is 32.4 Å². The standard InChI is InChI=1S/C22H19Cl2NOS/c1-14-11-15(2)21(20(24)12-14)25-22(26)17-5-3-16(4-6-17)13-27-19-9-7-18(23)8-10-19/h3-12H,13H2,1-2H3,(H,25,26). The van der Waals surface area contributed by atoms with Gasteiger partial charge in [0, 0.05) is 21.2 Å². The molecule has 0 radical (unpaired) electrons. The lowest BCUT2D eigenvalue weighted by Gasteiger charge is -2.12. The zero-order valence-electron chi connectivity index (χ0n) is 15.1. The van der Waals surface area contributed by atoms with Crippen molar-refractivity contribution < 1.29 is 4.79 Å². The van der Waals surface area contributed by atoms with Crippen LogP contribution in [0.4, 0.5) is 5.69 Å². The first kappa shape index (κ1) is 19.8. The molecular formula is C22H19Cl2NOS. The molecule has 0 spiro atoms. The molecule has 0 saturated carbocycles. The van der Waals surface area contributed by atoms with Crippen LogP contribution < -0.4 is 5.32 Å². The van der Waals surface area contributed by atoms with Crippen molar-refractivity contribution in [3.8, 4) is 0 Å². The van der Waals surface area contributed by atoms with Crippen LogP contribution in [0.3, 0.4) is 0 Å². The third-order valence-electron chi connectivity index (χ3n) is 4.11. The summed E-state index contributed by atoms with van der Waals surface area (Å²) in [5.41, 5.74) is 4.43. The van der Waals surface area contributed by atoms with Crippen molar-refractivity contribution in [2.75, 3.05) is 5.32 Å². The molecule has 0 bridgehead atoms. The number of nitrogens with one attached hydrogen (secondary N) is 1. The molecule has 0 heterocycles. The van der Waals surface area contributed by atoms with Gasteiger partial charge in [-0.15, -0.1) is 11.8 Å². The van der Waals surface area contributed by atoms with Crippen molar-refractivity contribution in [1.82, 2.24) is 0 Å². The third-order valence-corrected chi connectivity index (χ3v) is 5.74. The summed E-state index contributed by atoms with van der Waals surface area (Å²) in [6, 6.07) is 19.2. The Kier molecular flexibility index (Phi) is 6.48. The minimum absolute atomic E-state index is 0.166. The van der Waals surface area contributed by atoms with Gasteiger partial charge in [-0.05, 0) is 73.0 Å². The lowest BCUT2D eigenvalue weighted by Crippen LogP contribution is -2.13. The van der Waals surface area contributed by atoms with Gasteiger partial charge in [0.2, 0.25) is 0 Å². The lowest BCUT2D eigenvalue weighted by molar-refractivity contribution is 0.102. The summed E-state index contributed by atoms with van der Waals surface area (Å²) >= 11 is 13.9. The Morgan fingerprint density at radius 2 is 1.63 bits per heavy atom. The van der Waals surface area contributed by atoms with E-state index < -0.39 is 0 Å². The van der Waals surface area contributed by atoms with Crippen LogP contribution in [0, 0.1) is 13.8 Å². The molecule has 27 heavy (non-hydrogen) atoms. The molecule has 5 heteroatoms. The SMILES string of the molecule is Cc1cc(C)c(NC(=O)c2ccc(CSc3ccc(Cl)cc3)cc2)c(Cl)c1. The number of thioether (sulfide) groups is 1. The zero-order valence-corrected chi connectivity index (χ0v) is 17.4. The number of amides is 1. The quantitative estimate of drug-likeness (QED) is 0.447. The molecule has 0 aliphatic carbocycles. The summed E-state index contributed by atoms with van der Waals surface area (Å²) in [7, 11) is 0. The van der Waals surface area contributed by atoms with Gasteiger partial charge in [0.05, 0.1) is 10.7 Å². The number of carbonyl (C=O) groups is 1. The van der Waals surface area contributed by atoms with Gasteiger partial charge >= 0.3 is 0 Å². The fourth-order valence-corrected chi connectivity index (χ4v) is 4.06. The Morgan fingerprint density at radius 3 is 2.26 bits per heavy atom. The van der Waals surface area contributed by atoms with Gasteiger partial charge in [-0.2, -0.15) is 0 Å². The Balaban J connectivity index is 1.64. The maximum atomic E-state index is 12.5. The van der Waals surface area contributed by atoms with Crippen LogP contribution in [-0.4, -0.2) is 5.91 Å². The molecule has 3 aromatic rings. The smallest absolute Gasteiger partial charge is 0.255 e. The van der Waals surface area contributed by atoms with Gasteiger partial charge in [0.25, 0.3) is 5.91 Å². The van der Waals surface area contributed by atoms with Gasteiger partial charge in [0.1, 0.15) is 0 Å². The molecule has 0 aromatic heterocycles. The van der Waals surface area contributed by atoms with E-state index in [-0.39, 0.29) is 5.91 Å². The molecule has 1 amide bonds. The molecule has 0 aliphatic heterocycles. The highest BCUT2D eigenvalue weighted by atomic mass is 35.5. The second kappa shape index (κ2) is 8.83. The minimum Gasteiger partial charge on any atom is -0.320 e. The number of carbonyl (C=O) groups excluding carboxylic acids is 1. The van der Waals surface area contributed by atoms with E-state index >= 15 is 0 Å². The van der Waals surface area contributed by atoms with Gasteiger partial charge in [-0.25, -0.2) is 0 Å². The zero-order chi connectivity index (χ0) is 19.4. The molecular weight excluding hydrogens is 397 g/mol. The van der Waals surface area contributed by atoms with Crippen molar-refractivity contribution in [1.29, 1.82) is 0 Å². The van der Waals surface area contributed by atoms with Crippen LogP contribution in [0.25, 0.3) is 0 Å². The number of rotatable bonds is 5. The van der Waals surface area contributed by atoms with E-state index in [4.69, 9.17) is 23.2 Å². The fraction of sp³-hybridized carbons (Fsp3) is 0.136.